The molecule has 0 unspecified atom stereocenters. The van der Waals surface area contributed by atoms with Crippen LogP contribution in [0.25, 0.3) is 16.4 Å². The second-order valence-corrected chi connectivity index (χ2v) is 9.69. The maximum atomic E-state index is 13.0. The Balaban J connectivity index is 1.61. The van der Waals surface area contributed by atoms with Crippen LogP contribution in [0, 0.1) is 6.92 Å². The zero-order chi connectivity index (χ0) is 25.2. The summed E-state index contributed by atoms with van der Waals surface area (Å²) in [6.07, 6.45) is 0. The summed E-state index contributed by atoms with van der Waals surface area (Å²) in [6, 6.07) is 11.5. The molecule has 0 aliphatic heterocycles. The molecule has 182 valence electrons. The van der Waals surface area contributed by atoms with E-state index in [1.54, 1.807) is 51.5 Å². The zero-order valence-corrected chi connectivity index (χ0v) is 20.6. The molecule has 0 aliphatic rings. The number of methoxy groups -OCH3 is 2. The summed E-state index contributed by atoms with van der Waals surface area (Å²) in [7, 11) is -0.985. The molecule has 0 spiro atoms. The van der Waals surface area contributed by atoms with Gasteiger partial charge in [-0.1, -0.05) is 12.1 Å². The fourth-order valence-corrected chi connectivity index (χ4v) is 4.67. The molecule has 2 aromatic carbocycles. The number of benzene rings is 2. The van der Waals surface area contributed by atoms with Crippen molar-refractivity contribution in [2.24, 2.45) is 10.2 Å². The number of aromatic amines is 1. The second kappa shape index (κ2) is 9.82. The van der Waals surface area contributed by atoms with Gasteiger partial charge in [-0.15, -0.1) is 16.5 Å². The van der Waals surface area contributed by atoms with Crippen LogP contribution in [0.1, 0.15) is 11.3 Å². The lowest BCUT2D eigenvalue weighted by molar-refractivity contribution is 0.404. The minimum Gasteiger partial charge on any atom is -0.497 e. The molecule has 0 atom stereocenters. The Kier molecular flexibility index (Phi) is 6.82. The predicted molar refractivity (Wildman–Crippen MR) is 131 cm³/mol. The van der Waals surface area contributed by atoms with Gasteiger partial charge in [-0.2, -0.15) is 18.2 Å². The van der Waals surface area contributed by atoms with Crippen LogP contribution in [0.3, 0.4) is 0 Å². The molecular formula is C22H21N5O6S2. The summed E-state index contributed by atoms with van der Waals surface area (Å²) in [4.78, 5) is 17.6. The van der Waals surface area contributed by atoms with E-state index in [9.17, 15) is 13.2 Å². The normalized spacial score (nSPS) is 11.8. The molecule has 2 N–H and O–H groups in total. The van der Waals surface area contributed by atoms with Gasteiger partial charge in [-0.05, 0) is 42.8 Å². The molecule has 13 heteroatoms. The molecule has 11 nitrogen and oxygen atoms in total. The fourth-order valence-electron chi connectivity index (χ4n) is 3.27. The standard InChI is InChI=1S/C22H21N5O6S2/c1-13-20(25-24-15-6-4-14(5-7-15)12-35(29,30)31)21(28)27(26-13)22-23-18(11-34-22)17-10-16(32-2)8-9-19(17)33-3/h4-11,26H,12H2,1-3H3,(H,29,30,31). The minimum atomic E-state index is -4.12. The first-order valence-corrected chi connectivity index (χ1v) is 12.6. The van der Waals surface area contributed by atoms with E-state index in [0.717, 1.165) is 5.56 Å². The number of aromatic nitrogens is 3. The van der Waals surface area contributed by atoms with Crippen molar-refractivity contribution in [2.75, 3.05) is 14.2 Å². The summed E-state index contributed by atoms with van der Waals surface area (Å²) in [5.74, 6) is 0.774. The molecule has 4 rings (SSSR count). The van der Waals surface area contributed by atoms with Crippen molar-refractivity contribution < 1.29 is 22.4 Å². The van der Waals surface area contributed by atoms with Crippen molar-refractivity contribution in [3.05, 3.63) is 69.5 Å². The molecule has 2 aromatic heterocycles. The number of hydrogen-bond donors (Lipinski definition) is 2. The van der Waals surface area contributed by atoms with E-state index in [2.05, 4.69) is 20.3 Å². The molecule has 2 heterocycles. The van der Waals surface area contributed by atoms with E-state index < -0.39 is 21.4 Å². The Bertz CT molecular complexity index is 1550. The van der Waals surface area contributed by atoms with Gasteiger partial charge in [0.05, 0.1) is 31.3 Å². The van der Waals surface area contributed by atoms with Gasteiger partial charge in [0.2, 0.25) is 5.13 Å². The smallest absolute Gasteiger partial charge is 0.301 e. The van der Waals surface area contributed by atoms with Crippen LogP contribution in [-0.4, -0.2) is 42.0 Å². The van der Waals surface area contributed by atoms with Crippen LogP contribution >= 0.6 is 11.3 Å². The van der Waals surface area contributed by atoms with Gasteiger partial charge < -0.3 is 9.47 Å². The van der Waals surface area contributed by atoms with Crippen molar-refractivity contribution in [3.8, 4) is 27.9 Å². The summed E-state index contributed by atoms with van der Waals surface area (Å²) in [6.45, 7) is 1.70. The first-order valence-electron chi connectivity index (χ1n) is 10.1. The van der Waals surface area contributed by atoms with E-state index in [4.69, 9.17) is 14.0 Å². The van der Waals surface area contributed by atoms with Crippen LogP contribution in [0.4, 0.5) is 11.4 Å². The van der Waals surface area contributed by atoms with Gasteiger partial charge in [-0.3, -0.25) is 14.4 Å². The van der Waals surface area contributed by atoms with Crippen LogP contribution in [-0.2, 0) is 15.9 Å². The molecule has 0 saturated carbocycles. The topological polar surface area (TPSA) is 148 Å². The van der Waals surface area contributed by atoms with Crippen molar-refractivity contribution >= 4 is 32.8 Å². The van der Waals surface area contributed by atoms with Crippen LogP contribution in [0.15, 0.2) is 62.9 Å². The van der Waals surface area contributed by atoms with Crippen molar-refractivity contribution in [1.29, 1.82) is 0 Å². The first kappa shape index (κ1) is 24.3. The van der Waals surface area contributed by atoms with Crippen molar-refractivity contribution in [3.63, 3.8) is 0 Å². The summed E-state index contributed by atoms with van der Waals surface area (Å²) in [5, 5.41) is 13.3. The van der Waals surface area contributed by atoms with Gasteiger partial charge >= 0.3 is 5.56 Å². The molecule has 4 aromatic rings. The summed E-state index contributed by atoms with van der Waals surface area (Å²) < 4.78 is 42.9. The predicted octanol–water partition coefficient (Wildman–Crippen LogP) is 4.42. The number of nitrogens with zero attached hydrogens (tertiary/aromatic N) is 4. The van der Waals surface area contributed by atoms with Crippen LogP contribution in [0.5, 0.6) is 11.5 Å². The summed E-state index contributed by atoms with van der Waals surface area (Å²) >= 11 is 1.27. The third-order valence-corrected chi connectivity index (χ3v) is 6.48. The minimum absolute atomic E-state index is 0.114. The average molecular weight is 516 g/mol. The first-order chi connectivity index (χ1) is 16.7. The number of hydrogen-bond acceptors (Lipinski definition) is 9. The largest absolute Gasteiger partial charge is 0.497 e. The number of rotatable bonds is 8. The lowest BCUT2D eigenvalue weighted by atomic mass is 10.1. The van der Waals surface area contributed by atoms with Gasteiger partial charge in [0.15, 0.2) is 5.69 Å². The number of azo groups is 1. The molecule has 0 aliphatic carbocycles. The highest BCUT2D eigenvalue weighted by atomic mass is 32.2. The van der Waals surface area contributed by atoms with E-state index in [1.165, 1.54) is 28.2 Å². The third kappa shape index (κ3) is 5.48. The fraction of sp³-hybridized carbons (Fsp3) is 0.182. The van der Waals surface area contributed by atoms with E-state index in [1.807, 2.05) is 5.38 Å². The Hall–Kier alpha value is -3.81. The summed E-state index contributed by atoms with van der Waals surface area (Å²) in [5.41, 5.74) is 2.35. The molecule has 0 saturated heterocycles. The molecule has 0 radical (unpaired) electrons. The maximum absolute atomic E-state index is 13.0. The highest BCUT2D eigenvalue weighted by molar-refractivity contribution is 7.85. The Morgan fingerprint density at radius 1 is 1.11 bits per heavy atom. The number of nitrogens with one attached hydrogen (secondary N) is 1. The van der Waals surface area contributed by atoms with Crippen molar-refractivity contribution in [2.45, 2.75) is 12.7 Å². The van der Waals surface area contributed by atoms with Crippen LogP contribution < -0.4 is 15.0 Å². The number of ether oxygens (including phenoxy) is 2. The number of thiazole rings is 1. The average Bonchev–Trinajstić information content (AvgIpc) is 3.42. The SMILES string of the molecule is COc1ccc(OC)c(-c2csc(-n3[nH]c(C)c(N=Nc4ccc(CS(=O)(=O)O)cc4)c3=O)n2)c1. The maximum Gasteiger partial charge on any atom is 0.301 e. The number of H-pyrrole nitrogens is 1. The highest BCUT2D eigenvalue weighted by Crippen LogP contribution is 2.34. The lowest BCUT2D eigenvalue weighted by Crippen LogP contribution is -2.13. The Labute approximate surface area is 204 Å². The Morgan fingerprint density at radius 3 is 2.51 bits per heavy atom. The quantitative estimate of drug-likeness (QED) is 0.261. The van der Waals surface area contributed by atoms with E-state index >= 15 is 0 Å². The molecule has 0 bridgehead atoms. The molecule has 0 fully saturated rings. The van der Waals surface area contributed by atoms with Crippen LogP contribution in [0.2, 0.25) is 0 Å². The number of aryl methyl sites for hydroxylation is 1. The lowest BCUT2D eigenvalue weighted by Gasteiger charge is -2.08. The third-order valence-electron chi connectivity index (χ3n) is 4.96. The van der Waals surface area contributed by atoms with Gasteiger partial charge in [0.1, 0.15) is 17.3 Å². The van der Waals surface area contributed by atoms with Gasteiger partial charge in [-0.25, -0.2) is 4.98 Å². The monoisotopic (exact) mass is 515 g/mol. The van der Waals surface area contributed by atoms with Crippen molar-refractivity contribution in [1.82, 2.24) is 14.8 Å². The van der Waals surface area contributed by atoms with E-state index in [-0.39, 0.29) is 5.69 Å². The molecule has 0 amide bonds. The molecular weight excluding hydrogens is 494 g/mol. The Morgan fingerprint density at radius 2 is 1.86 bits per heavy atom. The van der Waals surface area contributed by atoms with Gasteiger partial charge in [0.25, 0.3) is 10.1 Å². The zero-order valence-electron chi connectivity index (χ0n) is 18.9. The molecule has 35 heavy (non-hydrogen) atoms. The van der Waals surface area contributed by atoms with E-state index in [0.29, 0.717) is 39.3 Å². The second-order valence-electron chi connectivity index (χ2n) is 7.40. The van der Waals surface area contributed by atoms with Gasteiger partial charge in [0, 0.05) is 10.9 Å². The highest BCUT2D eigenvalue weighted by Gasteiger charge is 2.17.